The Morgan fingerprint density at radius 1 is 1.27 bits per heavy atom. The average molecular weight is 386 g/mol. The Morgan fingerprint density at radius 3 is 2.62 bits per heavy atom. The van der Waals surface area contributed by atoms with Crippen LogP contribution in [0.5, 0.6) is 0 Å². The first-order valence-corrected chi connectivity index (χ1v) is 9.84. The minimum absolute atomic E-state index is 0.0286. The summed E-state index contributed by atoms with van der Waals surface area (Å²) in [5, 5.41) is 8.31. The highest BCUT2D eigenvalue weighted by Crippen LogP contribution is 2.56. The fourth-order valence-electron chi connectivity index (χ4n) is 5.03. The van der Waals surface area contributed by atoms with E-state index in [9.17, 15) is 21.6 Å². The molecule has 9 heteroatoms. The van der Waals surface area contributed by atoms with E-state index in [0.717, 1.165) is 29.3 Å². The molecule has 3 aliphatic rings. The maximum atomic E-state index is 13.2. The summed E-state index contributed by atoms with van der Waals surface area (Å²) in [6, 6.07) is 4.60. The SMILES string of the molecule is CO[C@@H]1C[C@@H]2C[C@H]1[C@H]1[C@@H]2CN(c2ccc(C#N)c(C(F)(F)F)c2)S1(=O)=O. The zero-order valence-corrected chi connectivity index (χ0v) is 14.7. The van der Waals surface area contributed by atoms with Crippen molar-refractivity contribution in [2.45, 2.75) is 30.4 Å². The van der Waals surface area contributed by atoms with Gasteiger partial charge in [-0.15, -0.1) is 0 Å². The van der Waals surface area contributed by atoms with E-state index in [-0.39, 0.29) is 36.1 Å². The van der Waals surface area contributed by atoms with Crippen LogP contribution in [-0.4, -0.2) is 33.4 Å². The molecule has 5 atom stereocenters. The van der Waals surface area contributed by atoms with Gasteiger partial charge in [-0.2, -0.15) is 18.4 Å². The van der Waals surface area contributed by atoms with Crippen molar-refractivity contribution in [3.63, 3.8) is 0 Å². The number of nitriles is 1. The van der Waals surface area contributed by atoms with Crippen LogP contribution >= 0.6 is 0 Å². The van der Waals surface area contributed by atoms with E-state index < -0.39 is 32.6 Å². The molecule has 0 spiro atoms. The van der Waals surface area contributed by atoms with Crippen molar-refractivity contribution in [1.82, 2.24) is 0 Å². The van der Waals surface area contributed by atoms with Crippen LogP contribution in [-0.2, 0) is 20.9 Å². The number of fused-ring (bicyclic) bond motifs is 5. The number of benzene rings is 1. The lowest BCUT2D eigenvalue weighted by Crippen LogP contribution is -2.39. The van der Waals surface area contributed by atoms with Gasteiger partial charge in [-0.05, 0) is 42.9 Å². The first kappa shape index (κ1) is 17.6. The van der Waals surface area contributed by atoms with Crippen LogP contribution in [0.3, 0.4) is 0 Å². The first-order chi connectivity index (χ1) is 12.2. The summed E-state index contributed by atoms with van der Waals surface area (Å²) in [4.78, 5) is 0. The molecule has 2 bridgehead atoms. The summed E-state index contributed by atoms with van der Waals surface area (Å²) >= 11 is 0. The largest absolute Gasteiger partial charge is 0.417 e. The van der Waals surface area contributed by atoms with Gasteiger partial charge in [0.15, 0.2) is 0 Å². The molecule has 2 aliphatic carbocycles. The number of halogens is 3. The van der Waals surface area contributed by atoms with Gasteiger partial charge in [0.05, 0.1) is 34.2 Å². The molecule has 0 amide bonds. The normalized spacial score (nSPS) is 34.7. The predicted molar refractivity (Wildman–Crippen MR) is 86.7 cm³/mol. The van der Waals surface area contributed by atoms with Crippen molar-refractivity contribution < 1.29 is 26.3 Å². The van der Waals surface area contributed by atoms with E-state index in [1.807, 2.05) is 0 Å². The summed E-state index contributed by atoms with van der Waals surface area (Å²) < 4.78 is 72.3. The van der Waals surface area contributed by atoms with Crippen molar-refractivity contribution in [3.05, 3.63) is 29.3 Å². The van der Waals surface area contributed by atoms with E-state index in [2.05, 4.69) is 0 Å². The minimum atomic E-state index is -4.72. The number of rotatable bonds is 2. The minimum Gasteiger partial charge on any atom is -0.381 e. The van der Waals surface area contributed by atoms with E-state index in [1.54, 1.807) is 7.11 Å². The van der Waals surface area contributed by atoms with Gasteiger partial charge >= 0.3 is 6.18 Å². The summed E-state index contributed by atoms with van der Waals surface area (Å²) in [5.74, 6) is 0.0297. The highest BCUT2D eigenvalue weighted by Gasteiger charge is 2.63. The molecule has 0 aromatic heterocycles. The van der Waals surface area contributed by atoms with Gasteiger partial charge in [0.1, 0.15) is 0 Å². The van der Waals surface area contributed by atoms with Gasteiger partial charge in [-0.25, -0.2) is 8.42 Å². The van der Waals surface area contributed by atoms with E-state index in [1.165, 1.54) is 12.1 Å². The smallest absolute Gasteiger partial charge is 0.381 e. The molecule has 1 aromatic carbocycles. The molecule has 1 saturated heterocycles. The molecular formula is C17H17F3N2O3S. The second-order valence-corrected chi connectivity index (χ2v) is 9.23. The van der Waals surface area contributed by atoms with Crippen LogP contribution in [0.25, 0.3) is 0 Å². The highest BCUT2D eigenvalue weighted by atomic mass is 32.2. The number of anilines is 1. The van der Waals surface area contributed by atoms with Crippen molar-refractivity contribution in [2.75, 3.05) is 18.0 Å². The number of nitrogens with zero attached hydrogens (tertiary/aromatic N) is 2. The van der Waals surface area contributed by atoms with E-state index >= 15 is 0 Å². The third-order valence-corrected chi connectivity index (χ3v) is 8.45. The van der Waals surface area contributed by atoms with Crippen molar-refractivity contribution >= 4 is 15.7 Å². The monoisotopic (exact) mass is 386 g/mol. The number of alkyl halides is 3. The molecule has 2 saturated carbocycles. The van der Waals surface area contributed by atoms with Crippen LogP contribution in [0.15, 0.2) is 18.2 Å². The molecule has 0 radical (unpaired) electrons. The zero-order chi connectivity index (χ0) is 18.9. The predicted octanol–water partition coefficient (Wildman–Crippen LogP) is 2.77. The summed E-state index contributed by atoms with van der Waals surface area (Å²) in [6.45, 7) is 0.188. The summed E-state index contributed by atoms with van der Waals surface area (Å²) in [6.07, 6.45) is -3.24. The van der Waals surface area contributed by atoms with Gasteiger partial charge in [0.2, 0.25) is 10.0 Å². The molecule has 5 nitrogen and oxygen atoms in total. The lowest BCUT2D eigenvalue weighted by molar-refractivity contribution is -0.137. The van der Waals surface area contributed by atoms with Crippen LogP contribution < -0.4 is 4.31 Å². The van der Waals surface area contributed by atoms with Gasteiger partial charge in [-0.1, -0.05) is 0 Å². The molecule has 0 unspecified atom stereocenters. The molecule has 1 aromatic rings. The van der Waals surface area contributed by atoms with E-state index in [0.29, 0.717) is 0 Å². The molecule has 4 rings (SSSR count). The number of methoxy groups -OCH3 is 1. The number of hydrogen-bond donors (Lipinski definition) is 0. The van der Waals surface area contributed by atoms with Crippen LogP contribution in [0.1, 0.15) is 24.0 Å². The highest BCUT2D eigenvalue weighted by molar-refractivity contribution is 7.93. The molecule has 1 aliphatic heterocycles. The maximum Gasteiger partial charge on any atom is 0.417 e. The van der Waals surface area contributed by atoms with Crippen LogP contribution in [0.2, 0.25) is 0 Å². The molecule has 0 N–H and O–H groups in total. The van der Waals surface area contributed by atoms with Crippen LogP contribution in [0.4, 0.5) is 18.9 Å². The standard InChI is InChI=1S/C17H17F3N2O3S/c1-25-15-5-10-4-12(15)16-13(10)8-22(26(16,23)24)11-3-2-9(7-21)14(6-11)17(18,19)20/h2-3,6,10,12-13,15-16H,4-5,8H2,1H3/t10-,12+,13+,15+,16-/m0/s1. The second-order valence-electron chi connectivity index (χ2n) is 7.21. The fourth-order valence-corrected chi connectivity index (χ4v) is 7.59. The third-order valence-electron chi connectivity index (χ3n) is 6.08. The summed E-state index contributed by atoms with van der Waals surface area (Å²) in [5.41, 5.74) is -1.65. The quantitative estimate of drug-likeness (QED) is 0.784. The second kappa shape index (κ2) is 5.60. The Labute approximate surface area is 149 Å². The topological polar surface area (TPSA) is 70.4 Å². The molecular weight excluding hydrogens is 369 g/mol. The van der Waals surface area contributed by atoms with Crippen molar-refractivity contribution in [1.29, 1.82) is 5.26 Å². The number of ether oxygens (including phenoxy) is 1. The lowest BCUT2D eigenvalue weighted by atomic mass is 9.86. The molecule has 3 fully saturated rings. The zero-order valence-electron chi connectivity index (χ0n) is 13.9. The Hall–Kier alpha value is -1.79. The third kappa shape index (κ3) is 2.35. The van der Waals surface area contributed by atoms with Gasteiger partial charge in [-0.3, -0.25) is 4.31 Å². The van der Waals surface area contributed by atoms with Gasteiger partial charge in [0, 0.05) is 19.6 Å². The Kier molecular flexibility index (Phi) is 3.80. The Balaban J connectivity index is 1.74. The van der Waals surface area contributed by atoms with Crippen LogP contribution in [0, 0.1) is 29.1 Å². The van der Waals surface area contributed by atoms with Crippen molar-refractivity contribution in [3.8, 4) is 6.07 Å². The average Bonchev–Trinajstić information content (AvgIpc) is 3.23. The van der Waals surface area contributed by atoms with E-state index in [4.69, 9.17) is 10.00 Å². The first-order valence-electron chi connectivity index (χ1n) is 8.34. The Morgan fingerprint density at radius 2 is 2.00 bits per heavy atom. The number of hydrogen-bond acceptors (Lipinski definition) is 4. The van der Waals surface area contributed by atoms with Gasteiger partial charge < -0.3 is 4.74 Å². The molecule has 1 heterocycles. The summed E-state index contributed by atoms with van der Waals surface area (Å²) in [7, 11) is -2.20. The fraction of sp³-hybridized carbons (Fsp3) is 0.588. The number of sulfonamides is 1. The van der Waals surface area contributed by atoms with Gasteiger partial charge in [0.25, 0.3) is 0 Å². The maximum absolute atomic E-state index is 13.2. The molecule has 26 heavy (non-hydrogen) atoms. The van der Waals surface area contributed by atoms with Crippen molar-refractivity contribution in [2.24, 2.45) is 17.8 Å². The Bertz CT molecular complexity index is 893. The lowest BCUT2D eigenvalue weighted by Gasteiger charge is -2.28. The molecule has 140 valence electrons.